The van der Waals surface area contributed by atoms with Gasteiger partial charge in [-0.1, -0.05) is 164 Å². The van der Waals surface area contributed by atoms with E-state index in [4.69, 9.17) is 0 Å². The van der Waals surface area contributed by atoms with Crippen molar-refractivity contribution >= 4 is 51.3 Å². The first-order valence-electron chi connectivity index (χ1n) is 22.2. The van der Waals surface area contributed by atoms with Crippen LogP contribution in [0.2, 0.25) is 0 Å². The second-order valence-electron chi connectivity index (χ2n) is 17.1. The summed E-state index contributed by atoms with van der Waals surface area (Å²) in [5, 5.41) is 0. The maximum Gasteiger partial charge on any atom is 0.0781 e. The molecule has 0 fully saturated rings. The standard InChI is InChI=1S/C60H46N2/c1-4-18-42(19-5-1)55-38-47(39-57-53-28-15-13-22-45(53)37-58(55)57)54-29-16-30-59(60(54)62(49-25-8-3-9-26-49)50-33-31-41-17-10-11-20-43(41)36-50)61(48-23-6-2-7-24-48)51-34-32-46-35-44-21-12-14-27-52(44)56(46)40-51/h1-10,12-19,21-34,36,38-40,57-58H,11,20,35,37H2. The molecule has 0 heterocycles. The van der Waals surface area contributed by atoms with Gasteiger partial charge in [0.2, 0.25) is 0 Å². The molecule has 12 rings (SSSR count). The lowest BCUT2D eigenvalue weighted by atomic mass is 9.76. The maximum atomic E-state index is 2.59. The lowest BCUT2D eigenvalue weighted by molar-refractivity contribution is 0.651. The molecule has 0 aromatic heterocycles. The molecule has 0 N–H and O–H groups in total. The van der Waals surface area contributed by atoms with Crippen molar-refractivity contribution in [2.24, 2.45) is 5.92 Å². The van der Waals surface area contributed by atoms with Gasteiger partial charge < -0.3 is 9.80 Å². The van der Waals surface area contributed by atoms with Crippen LogP contribution in [0.5, 0.6) is 0 Å². The van der Waals surface area contributed by atoms with E-state index in [0.29, 0.717) is 5.92 Å². The summed E-state index contributed by atoms with van der Waals surface area (Å²) < 4.78 is 0. The largest absolute Gasteiger partial charge is 0.308 e. The van der Waals surface area contributed by atoms with Crippen molar-refractivity contribution in [3.63, 3.8) is 0 Å². The minimum absolute atomic E-state index is 0.264. The summed E-state index contributed by atoms with van der Waals surface area (Å²) in [4.78, 5) is 5.03. The fourth-order valence-corrected chi connectivity index (χ4v) is 10.7. The summed E-state index contributed by atoms with van der Waals surface area (Å²) in [6.45, 7) is 0. The van der Waals surface area contributed by atoms with Gasteiger partial charge in [0.15, 0.2) is 0 Å². The average Bonchev–Trinajstić information content (AvgIpc) is 3.91. The molecule has 8 aromatic carbocycles. The minimum atomic E-state index is 0.264. The van der Waals surface area contributed by atoms with Gasteiger partial charge in [-0.15, -0.1) is 0 Å². The highest BCUT2D eigenvalue weighted by molar-refractivity contribution is 6.02. The van der Waals surface area contributed by atoms with Crippen LogP contribution in [0.3, 0.4) is 0 Å². The molecule has 4 aliphatic carbocycles. The SMILES string of the molecule is C1=Cc2ccc(N(c3ccccc3)c3c(C4=CC5c6ccccc6CC5C(c5ccccc5)=C4)cccc3N(c3ccccc3)c3ccc4c(c3)-c3ccccc3C4)cc2CC1. The Balaban J connectivity index is 1.15. The summed E-state index contributed by atoms with van der Waals surface area (Å²) in [6.07, 6.45) is 13.8. The zero-order chi connectivity index (χ0) is 41.0. The Kier molecular flexibility index (Phi) is 8.96. The molecular weight excluding hydrogens is 749 g/mol. The quantitative estimate of drug-likeness (QED) is 0.151. The molecule has 62 heavy (non-hydrogen) atoms. The molecule has 0 saturated carbocycles. The molecule has 0 saturated heterocycles. The van der Waals surface area contributed by atoms with Crippen molar-refractivity contribution in [3.05, 3.63) is 257 Å². The Hall–Kier alpha value is -7.42. The van der Waals surface area contributed by atoms with Crippen LogP contribution < -0.4 is 9.80 Å². The van der Waals surface area contributed by atoms with Gasteiger partial charge in [0.05, 0.1) is 11.4 Å². The molecule has 0 amide bonds. The predicted octanol–water partition coefficient (Wildman–Crippen LogP) is 15.6. The number of rotatable bonds is 8. The van der Waals surface area contributed by atoms with Crippen molar-refractivity contribution in [1.82, 2.24) is 0 Å². The summed E-state index contributed by atoms with van der Waals surface area (Å²) in [7, 11) is 0. The van der Waals surface area contributed by atoms with E-state index in [9.17, 15) is 0 Å². The second kappa shape index (κ2) is 15.2. The Morgan fingerprint density at radius 3 is 1.95 bits per heavy atom. The molecular formula is C60H46N2. The number of nitrogens with zero attached hydrogens (tertiary/aromatic N) is 2. The van der Waals surface area contributed by atoms with E-state index in [1.54, 1.807) is 0 Å². The topological polar surface area (TPSA) is 6.48 Å². The van der Waals surface area contributed by atoms with Gasteiger partial charge in [0.1, 0.15) is 0 Å². The summed E-state index contributed by atoms with van der Waals surface area (Å²) in [5.74, 6) is 0.639. The van der Waals surface area contributed by atoms with Gasteiger partial charge in [0, 0.05) is 34.2 Å². The van der Waals surface area contributed by atoms with E-state index in [1.807, 2.05) is 0 Å². The van der Waals surface area contributed by atoms with E-state index in [1.165, 1.54) is 66.8 Å². The first-order valence-corrected chi connectivity index (χ1v) is 22.2. The molecule has 0 radical (unpaired) electrons. The van der Waals surface area contributed by atoms with Crippen molar-refractivity contribution in [1.29, 1.82) is 0 Å². The second-order valence-corrected chi connectivity index (χ2v) is 17.1. The van der Waals surface area contributed by atoms with Crippen LogP contribution in [0.4, 0.5) is 34.1 Å². The average molecular weight is 795 g/mol. The van der Waals surface area contributed by atoms with Crippen LogP contribution in [0.1, 0.15) is 56.8 Å². The number of anilines is 6. The van der Waals surface area contributed by atoms with Crippen LogP contribution in [-0.2, 0) is 19.3 Å². The van der Waals surface area contributed by atoms with Gasteiger partial charge in [-0.05, 0) is 147 Å². The van der Waals surface area contributed by atoms with E-state index in [-0.39, 0.29) is 5.92 Å². The molecule has 2 unspecified atom stereocenters. The summed E-state index contributed by atoms with van der Waals surface area (Å²) in [5.41, 5.74) is 23.0. The maximum absolute atomic E-state index is 2.59. The number of fused-ring (bicyclic) bond motifs is 7. The van der Waals surface area contributed by atoms with Crippen LogP contribution in [0, 0.1) is 5.92 Å². The number of aryl methyl sites for hydroxylation is 1. The Bertz CT molecular complexity index is 3080. The Morgan fingerprint density at radius 2 is 1.13 bits per heavy atom. The highest BCUT2D eigenvalue weighted by Gasteiger charge is 2.37. The van der Waals surface area contributed by atoms with Crippen LogP contribution >= 0.6 is 0 Å². The minimum Gasteiger partial charge on any atom is -0.308 e. The number of hydrogen-bond acceptors (Lipinski definition) is 2. The Morgan fingerprint density at radius 1 is 0.468 bits per heavy atom. The van der Waals surface area contributed by atoms with E-state index >= 15 is 0 Å². The molecule has 296 valence electrons. The number of benzene rings is 8. The highest BCUT2D eigenvalue weighted by Crippen LogP contribution is 2.55. The van der Waals surface area contributed by atoms with Gasteiger partial charge in [-0.2, -0.15) is 0 Å². The van der Waals surface area contributed by atoms with Crippen LogP contribution in [-0.4, -0.2) is 0 Å². The highest BCUT2D eigenvalue weighted by atomic mass is 15.2. The van der Waals surface area contributed by atoms with Crippen molar-refractivity contribution in [3.8, 4) is 11.1 Å². The fourth-order valence-electron chi connectivity index (χ4n) is 10.7. The lowest BCUT2D eigenvalue weighted by Crippen LogP contribution is -2.19. The van der Waals surface area contributed by atoms with E-state index < -0.39 is 0 Å². The molecule has 2 atom stereocenters. The first kappa shape index (κ1) is 36.4. The zero-order valence-corrected chi connectivity index (χ0v) is 34.7. The number of para-hydroxylation sites is 3. The fraction of sp³-hybridized carbons (Fsp3) is 0.100. The van der Waals surface area contributed by atoms with E-state index in [2.05, 4.69) is 228 Å². The smallest absolute Gasteiger partial charge is 0.0781 e. The molecule has 0 aliphatic heterocycles. The summed E-state index contributed by atoms with van der Waals surface area (Å²) in [6, 6.07) is 72.3. The molecule has 2 nitrogen and oxygen atoms in total. The normalized spacial score (nSPS) is 16.6. The van der Waals surface area contributed by atoms with Gasteiger partial charge >= 0.3 is 0 Å². The van der Waals surface area contributed by atoms with Gasteiger partial charge in [-0.25, -0.2) is 0 Å². The number of hydrogen-bond donors (Lipinski definition) is 0. The summed E-state index contributed by atoms with van der Waals surface area (Å²) >= 11 is 0. The third kappa shape index (κ3) is 6.25. The Labute approximate surface area is 365 Å². The monoisotopic (exact) mass is 794 g/mol. The predicted molar refractivity (Wildman–Crippen MR) is 260 cm³/mol. The van der Waals surface area contributed by atoms with Crippen LogP contribution in [0.15, 0.2) is 212 Å². The van der Waals surface area contributed by atoms with Crippen molar-refractivity contribution in [2.45, 2.75) is 31.6 Å². The van der Waals surface area contributed by atoms with Crippen molar-refractivity contribution < 1.29 is 0 Å². The first-order chi connectivity index (χ1) is 30.7. The molecule has 2 heteroatoms. The zero-order valence-electron chi connectivity index (χ0n) is 34.7. The molecule has 0 bridgehead atoms. The van der Waals surface area contributed by atoms with Crippen LogP contribution in [0.25, 0.3) is 28.3 Å². The van der Waals surface area contributed by atoms with E-state index in [0.717, 1.165) is 59.8 Å². The number of allylic oxidation sites excluding steroid dienone is 5. The van der Waals surface area contributed by atoms with Crippen molar-refractivity contribution in [2.75, 3.05) is 9.80 Å². The lowest BCUT2D eigenvalue weighted by Gasteiger charge is -2.36. The van der Waals surface area contributed by atoms with Gasteiger partial charge in [-0.3, -0.25) is 0 Å². The molecule has 4 aliphatic rings. The molecule has 0 spiro atoms. The third-order valence-electron chi connectivity index (χ3n) is 13.6. The van der Waals surface area contributed by atoms with Gasteiger partial charge in [0.25, 0.3) is 0 Å². The molecule has 8 aromatic rings. The third-order valence-corrected chi connectivity index (χ3v) is 13.6.